The Morgan fingerprint density at radius 1 is 1.44 bits per heavy atom. The lowest BCUT2D eigenvalue weighted by Gasteiger charge is -2.16. The molecule has 0 saturated heterocycles. The number of aryl methyl sites for hydroxylation is 1. The van der Waals surface area contributed by atoms with Crippen LogP contribution in [-0.2, 0) is 11.2 Å². The van der Waals surface area contributed by atoms with E-state index in [1.165, 1.54) is 11.3 Å². The average Bonchev–Trinajstić information content (AvgIpc) is 2.75. The van der Waals surface area contributed by atoms with Gasteiger partial charge in [0, 0.05) is 6.42 Å². The first-order chi connectivity index (χ1) is 8.08. The topological polar surface area (TPSA) is 80.9 Å². The van der Waals surface area contributed by atoms with E-state index in [9.17, 15) is 4.79 Å². The molecule has 1 rings (SSSR count). The molecule has 0 aliphatic rings. The van der Waals surface area contributed by atoms with E-state index in [0.717, 1.165) is 24.3 Å². The largest absolute Gasteiger partial charge is 0.320 e. The molecule has 0 fully saturated rings. The molecule has 0 aromatic carbocycles. The van der Waals surface area contributed by atoms with Crippen LogP contribution in [0.1, 0.15) is 38.6 Å². The molecule has 0 saturated carbocycles. The van der Waals surface area contributed by atoms with Gasteiger partial charge in [0.05, 0.1) is 6.04 Å². The summed E-state index contributed by atoms with van der Waals surface area (Å²) in [5, 5.41) is 12.1. The van der Waals surface area contributed by atoms with Crippen molar-refractivity contribution in [2.45, 2.75) is 46.1 Å². The van der Waals surface area contributed by atoms with Gasteiger partial charge >= 0.3 is 0 Å². The number of anilines is 1. The van der Waals surface area contributed by atoms with Crippen molar-refractivity contribution >= 4 is 34.8 Å². The van der Waals surface area contributed by atoms with Crippen LogP contribution in [0.3, 0.4) is 0 Å². The van der Waals surface area contributed by atoms with Crippen LogP contribution in [0.4, 0.5) is 5.13 Å². The highest BCUT2D eigenvalue weighted by atomic mass is 35.5. The summed E-state index contributed by atoms with van der Waals surface area (Å²) in [5.74, 6) is -0.0171. The van der Waals surface area contributed by atoms with Gasteiger partial charge in [-0.3, -0.25) is 10.1 Å². The van der Waals surface area contributed by atoms with Crippen LogP contribution in [0.15, 0.2) is 0 Å². The molecule has 18 heavy (non-hydrogen) atoms. The van der Waals surface area contributed by atoms with Crippen LogP contribution < -0.4 is 11.1 Å². The number of carbonyl (C=O) groups is 1. The molecule has 0 spiro atoms. The van der Waals surface area contributed by atoms with Crippen molar-refractivity contribution in [3.8, 4) is 0 Å². The Balaban J connectivity index is 0.00000289. The third kappa shape index (κ3) is 4.88. The molecule has 2 atom stereocenters. The number of nitrogens with zero attached hydrogens (tertiary/aromatic N) is 2. The van der Waals surface area contributed by atoms with E-state index in [0.29, 0.717) is 5.13 Å². The number of nitrogens with one attached hydrogen (secondary N) is 1. The lowest BCUT2D eigenvalue weighted by molar-refractivity contribution is -0.118. The molecule has 2 unspecified atom stereocenters. The number of aromatic nitrogens is 2. The summed E-state index contributed by atoms with van der Waals surface area (Å²) < 4.78 is 0. The standard InChI is InChI=1S/C11H20N4OS.ClH/c1-4-6-8-14-15-11(17-8)13-10(16)9(12)7(3)5-2;/h7,9H,4-6,12H2,1-3H3,(H,13,15,16);1H. The van der Waals surface area contributed by atoms with Gasteiger partial charge in [-0.05, 0) is 12.3 Å². The van der Waals surface area contributed by atoms with Gasteiger partial charge in [-0.15, -0.1) is 22.6 Å². The van der Waals surface area contributed by atoms with Crippen LogP contribution in [0.5, 0.6) is 0 Å². The van der Waals surface area contributed by atoms with Gasteiger partial charge in [-0.1, -0.05) is 38.5 Å². The Hall–Kier alpha value is -0.720. The van der Waals surface area contributed by atoms with Gasteiger partial charge in [-0.25, -0.2) is 0 Å². The number of rotatable bonds is 6. The van der Waals surface area contributed by atoms with Gasteiger partial charge in [0.25, 0.3) is 0 Å². The SMILES string of the molecule is CCCc1nnc(NC(=O)C(N)C(C)CC)s1.Cl. The zero-order valence-electron chi connectivity index (χ0n) is 11.0. The van der Waals surface area contributed by atoms with E-state index in [1.54, 1.807) is 0 Å². The zero-order chi connectivity index (χ0) is 12.8. The molecule has 0 aliphatic heterocycles. The molecule has 104 valence electrons. The molecule has 7 heteroatoms. The fourth-order valence-electron chi connectivity index (χ4n) is 1.32. The van der Waals surface area contributed by atoms with Crippen molar-refractivity contribution in [3.63, 3.8) is 0 Å². The number of hydrogen-bond acceptors (Lipinski definition) is 5. The Labute approximate surface area is 118 Å². The maximum absolute atomic E-state index is 11.8. The normalized spacial score (nSPS) is 13.6. The third-order valence-electron chi connectivity index (χ3n) is 2.72. The Morgan fingerprint density at radius 2 is 2.11 bits per heavy atom. The maximum Gasteiger partial charge on any atom is 0.243 e. The second kappa shape index (κ2) is 8.39. The molecule has 1 amide bonds. The van der Waals surface area contributed by atoms with Gasteiger partial charge < -0.3 is 5.73 Å². The Kier molecular flexibility index (Phi) is 8.06. The fraction of sp³-hybridized carbons (Fsp3) is 0.727. The predicted molar refractivity (Wildman–Crippen MR) is 77.2 cm³/mol. The molecule has 0 aliphatic carbocycles. The monoisotopic (exact) mass is 292 g/mol. The number of carbonyl (C=O) groups excluding carboxylic acids is 1. The molecule has 1 aromatic rings. The lowest BCUT2D eigenvalue weighted by atomic mass is 10.00. The highest BCUT2D eigenvalue weighted by Gasteiger charge is 2.20. The van der Waals surface area contributed by atoms with Crippen LogP contribution in [-0.4, -0.2) is 22.1 Å². The first-order valence-corrected chi connectivity index (χ1v) is 6.78. The van der Waals surface area contributed by atoms with Crippen molar-refractivity contribution in [1.82, 2.24) is 10.2 Å². The number of halogens is 1. The van der Waals surface area contributed by atoms with Gasteiger partial charge in [0.15, 0.2) is 0 Å². The summed E-state index contributed by atoms with van der Waals surface area (Å²) in [4.78, 5) is 11.8. The first-order valence-electron chi connectivity index (χ1n) is 5.97. The lowest BCUT2D eigenvalue weighted by Crippen LogP contribution is -2.40. The van der Waals surface area contributed by atoms with E-state index in [2.05, 4.69) is 22.4 Å². The summed E-state index contributed by atoms with van der Waals surface area (Å²) in [6.45, 7) is 6.06. The zero-order valence-corrected chi connectivity index (χ0v) is 12.6. The summed E-state index contributed by atoms with van der Waals surface area (Å²) in [7, 11) is 0. The van der Waals surface area contributed by atoms with Crippen molar-refractivity contribution in [2.24, 2.45) is 11.7 Å². The smallest absolute Gasteiger partial charge is 0.243 e. The highest BCUT2D eigenvalue weighted by Crippen LogP contribution is 2.17. The molecule has 1 aromatic heterocycles. The molecule has 3 N–H and O–H groups in total. The molecular formula is C11H21ClN4OS. The van der Waals surface area contributed by atoms with E-state index in [-0.39, 0.29) is 24.2 Å². The van der Waals surface area contributed by atoms with Crippen LogP contribution in [0.2, 0.25) is 0 Å². The second-order valence-corrected chi connectivity index (χ2v) is 5.21. The third-order valence-corrected chi connectivity index (χ3v) is 3.62. The average molecular weight is 293 g/mol. The molecule has 0 bridgehead atoms. The number of nitrogens with two attached hydrogens (primary N) is 1. The summed E-state index contributed by atoms with van der Waals surface area (Å²) in [5.41, 5.74) is 5.83. The minimum absolute atomic E-state index is 0. The minimum atomic E-state index is -0.487. The molecule has 5 nitrogen and oxygen atoms in total. The Bertz CT molecular complexity index is 372. The molecular weight excluding hydrogens is 272 g/mol. The van der Waals surface area contributed by atoms with E-state index in [4.69, 9.17) is 5.73 Å². The first kappa shape index (κ1) is 17.3. The number of amides is 1. The van der Waals surface area contributed by atoms with Gasteiger partial charge in [0.1, 0.15) is 5.01 Å². The summed E-state index contributed by atoms with van der Waals surface area (Å²) >= 11 is 1.41. The van der Waals surface area contributed by atoms with Gasteiger partial charge in [-0.2, -0.15) is 0 Å². The maximum atomic E-state index is 11.8. The van der Waals surface area contributed by atoms with Crippen molar-refractivity contribution in [2.75, 3.05) is 5.32 Å². The molecule has 0 radical (unpaired) electrons. The quantitative estimate of drug-likeness (QED) is 0.842. The van der Waals surface area contributed by atoms with Crippen LogP contribution >= 0.6 is 23.7 Å². The van der Waals surface area contributed by atoms with Crippen molar-refractivity contribution in [3.05, 3.63) is 5.01 Å². The van der Waals surface area contributed by atoms with Crippen LogP contribution in [0.25, 0.3) is 0 Å². The summed E-state index contributed by atoms with van der Waals surface area (Å²) in [6.07, 6.45) is 2.80. The predicted octanol–water partition coefficient (Wildman–Crippen LogP) is 2.22. The summed E-state index contributed by atoms with van der Waals surface area (Å²) in [6, 6.07) is -0.487. The van der Waals surface area contributed by atoms with Gasteiger partial charge in [0.2, 0.25) is 11.0 Å². The van der Waals surface area contributed by atoms with Crippen LogP contribution in [0, 0.1) is 5.92 Å². The minimum Gasteiger partial charge on any atom is -0.320 e. The number of hydrogen-bond donors (Lipinski definition) is 2. The van der Waals surface area contributed by atoms with Crippen molar-refractivity contribution < 1.29 is 4.79 Å². The van der Waals surface area contributed by atoms with E-state index < -0.39 is 6.04 Å². The Morgan fingerprint density at radius 3 is 2.67 bits per heavy atom. The fourth-order valence-corrected chi connectivity index (χ4v) is 2.16. The highest BCUT2D eigenvalue weighted by molar-refractivity contribution is 7.15. The molecule has 1 heterocycles. The second-order valence-electron chi connectivity index (χ2n) is 4.15. The van der Waals surface area contributed by atoms with Crippen molar-refractivity contribution in [1.29, 1.82) is 0 Å². The van der Waals surface area contributed by atoms with E-state index in [1.807, 2.05) is 13.8 Å². The van der Waals surface area contributed by atoms with E-state index >= 15 is 0 Å².